The quantitative estimate of drug-likeness (QED) is 0.430. The predicted molar refractivity (Wildman–Crippen MR) is 129 cm³/mol. The maximum absolute atomic E-state index is 13.7. The van der Waals surface area contributed by atoms with Gasteiger partial charge in [0.2, 0.25) is 5.88 Å². The third-order valence-corrected chi connectivity index (χ3v) is 7.26. The number of imidazole rings is 1. The average Bonchev–Trinajstić information content (AvgIpc) is 3.43. The standard InChI is InChI=1S/C25H27N5O2S/c1-16-23-28-19(14-29(23)15-26-24(16)32-3)13-20-11-7-8-12-30(20)25(31)21-22(33-17(2)27-21)18-9-5-4-6-10-18/h4-6,9-10,14-15,20H,7-8,11-13H2,1-3H3/t20-/m0/s1. The van der Waals surface area contributed by atoms with Crippen molar-refractivity contribution in [2.24, 2.45) is 0 Å². The van der Waals surface area contributed by atoms with Crippen molar-refractivity contribution in [2.75, 3.05) is 13.7 Å². The molecule has 1 atom stereocenters. The molecule has 0 aliphatic carbocycles. The third-order valence-electron chi connectivity index (χ3n) is 6.24. The second-order valence-corrected chi connectivity index (χ2v) is 9.67. The summed E-state index contributed by atoms with van der Waals surface area (Å²) in [6.45, 7) is 4.67. The number of aromatic nitrogens is 4. The van der Waals surface area contributed by atoms with E-state index in [9.17, 15) is 4.79 Å². The van der Waals surface area contributed by atoms with E-state index < -0.39 is 0 Å². The largest absolute Gasteiger partial charge is 0.481 e. The van der Waals surface area contributed by atoms with Crippen LogP contribution in [0.25, 0.3) is 16.1 Å². The number of likely N-dealkylation sites (tertiary alicyclic amines) is 1. The van der Waals surface area contributed by atoms with Crippen LogP contribution < -0.4 is 4.74 Å². The number of piperidine rings is 1. The number of ether oxygens (including phenoxy) is 1. The van der Waals surface area contributed by atoms with Gasteiger partial charge < -0.3 is 9.64 Å². The van der Waals surface area contributed by atoms with Gasteiger partial charge in [0.25, 0.3) is 5.91 Å². The fourth-order valence-corrected chi connectivity index (χ4v) is 5.55. The lowest BCUT2D eigenvalue weighted by Crippen LogP contribution is -2.45. The Hall–Kier alpha value is -3.26. The van der Waals surface area contributed by atoms with E-state index in [1.807, 2.05) is 59.7 Å². The summed E-state index contributed by atoms with van der Waals surface area (Å²) in [5, 5.41) is 0.906. The van der Waals surface area contributed by atoms with Crippen molar-refractivity contribution < 1.29 is 9.53 Å². The van der Waals surface area contributed by atoms with Crippen LogP contribution in [0.2, 0.25) is 0 Å². The molecule has 0 radical (unpaired) electrons. The molecule has 5 rings (SSSR count). The van der Waals surface area contributed by atoms with Crippen LogP contribution >= 0.6 is 11.3 Å². The zero-order valence-electron chi connectivity index (χ0n) is 19.1. The van der Waals surface area contributed by atoms with Gasteiger partial charge in [-0.3, -0.25) is 9.20 Å². The van der Waals surface area contributed by atoms with Gasteiger partial charge >= 0.3 is 0 Å². The molecule has 1 aromatic carbocycles. The van der Waals surface area contributed by atoms with Crippen molar-refractivity contribution in [3.05, 3.63) is 64.8 Å². The fourth-order valence-electron chi connectivity index (χ4n) is 4.64. The Balaban J connectivity index is 1.44. The van der Waals surface area contributed by atoms with Crippen LogP contribution in [-0.2, 0) is 6.42 Å². The minimum atomic E-state index is 0.0196. The normalized spacial score (nSPS) is 16.3. The van der Waals surface area contributed by atoms with E-state index >= 15 is 0 Å². The number of aryl methyl sites for hydroxylation is 2. The highest BCUT2D eigenvalue weighted by Gasteiger charge is 2.31. The maximum atomic E-state index is 13.7. The van der Waals surface area contributed by atoms with Crippen LogP contribution in [0.15, 0.2) is 42.9 Å². The molecule has 1 aliphatic heterocycles. The first-order valence-corrected chi connectivity index (χ1v) is 12.1. The van der Waals surface area contributed by atoms with Gasteiger partial charge in [-0.2, -0.15) is 0 Å². The van der Waals surface area contributed by atoms with E-state index in [1.165, 1.54) is 0 Å². The van der Waals surface area contributed by atoms with Gasteiger partial charge in [0.1, 0.15) is 17.7 Å². The van der Waals surface area contributed by atoms with E-state index in [4.69, 9.17) is 9.72 Å². The summed E-state index contributed by atoms with van der Waals surface area (Å²) in [7, 11) is 1.62. The van der Waals surface area contributed by atoms with Crippen molar-refractivity contribution in [1.29, 1.82) is 0 Å². The number of carbonyl (C=O) groups is 1. The minimum absolute atomic E-state index is 0.0196. The number of hydrogen-bond donors (Lipinski definition) is 0. The van der Waals surface area contributed by atoms with Crippen molar-refractivity contribution in [3.63, 3.8) is 0 Å². The Labute approximate surface area is 197 Å². The summed E-state index contributed by atoms with van der Waals surface area (Å²) in [5.74, 6) is 0.604. The molecule has 0 unspecified atom stereocenters. The highest BCUT2D eigenvalue weighted by Crippen LogP contribution is 2.32. The smallest absolute Gasteiger partial charge is 0.274 e. The molecule has 33 heavy (non-hydrogen) atoms. The van der Waals surface area contributed by atoms with Crippen molar-refractivity contribution >= 4 is 22.9 Å². The molecular weight excluding hydrogens is 434 g/mol. The summed E-state index contributed by atoms with van der Waals surface area (Å²) >= 11 is 1.58. The molecule has 1 aliphatic rings. The molecule has 1 fully saturated rings. The Bertz CT molecular complexity index is 1300. The number of rotatable bonds is 5. The molecule has 7 nitrogen and oxygen atoms in total. The first-order chi connectivity index (χ1) is 16.0. The van der Waals surface area contributed by atoms with Gasteiger partial charge in [-0.15, -0.1) is 11.3 Å². The summed E-state index contributed by atoms with van der Waals surface area (Å²) < 4.78 is 7.27. The average molecular weight is 462 g/mol. The fraction of sp³-hybridized carbons (Fsp3) is 0.360. The second kappa shape index (κ2) is 8.94. The third kappa shape index (κ3) is 4.11. The number of amides is 1. The van der Waals surface area contributed by atoms with Gasteiger partial charge in [-0.1, -0.05) is 30.3 Å². The maximum Gasteiger partial charge on any atom is 0.274 e. The van der Waals surface area contributed by atoms with Crippen LogP contribution in [0.3, 0.4) is 0 Å². The Morgan fingerprint density at radius 3 is 2.79 bits per heavy atom. The molecule has 8 heteroatoms. The van der Waals surface area contributed by atoms with Gasteiger partial charge in [0, 0.05) is 25.2 Å². The van der Waals surface area contributed by atoms with Gasteiger partial charge in [-0.05, 0) is 38.7 Å². The number of fused-ring (bicyclic) bond motifs is 1. The summed E-state index contributed by atoms with van der Waals surface area (Å²) in [6.07, 6.45) is 7.53. The molecule has 1 amide bonds. The van der Waals surface area contributed by atoms with Crippen molar-refractivity contribution in [2.45, 2.75) is 45.6 Å². The molecule has 0 saturated carbocycles. The van der Waals surface area contributed by atoms with Crippen molar-refractivity contribution in [3.8, 4) is 16.3 Å². The molecular formula is C25H27N5O2S. The topological polar surface area (TPSA) is 72.6 Å². The van der Waals surface area contributed by atoms with E-state index in [0.29, 0.717) is 18.0 Å². The molecule has 4 heterocycles. The predicted octanol–water partition coefficient (Wildman–Crippen LogP) is 4.72. The van der Waals surface area contributed by atoms with Gasteiger partial charge in [0.15, 0.2) is 0 Å². The SMILES string of the molecule is COc1ncn2cc(C[C@@H]3CCCCN3C(=O)c3nc(C)sc3-c3ccccc3)nc2c1C. The first-order valence-electron chi connectivity index (χ1n) is 11.3. The monoisotopic (exact) mass is 461 g/mol. The lowest BCUT2D eigenvalue weighted by molar-refractivity contribution is 0.0608. The number of nitrogens with zero attached hydrogens (tertiary/aromatic N) is 5. The van der Waals surface area contributed by atoms with Crippen molar-refractivity contribution in [1.82, 2.24) is 24.3 Å². The molecule has 1 saturated heterocycles. The van der Waals surface area contributed by atoms with E-state index in [1.54, 1.807) is 24.8 Å². The molecule has 0 spiro atoms. The van der Waals surface area contributed by atoms with Gasteiger partial charge in [-0.25, -0.2) is 15.0 Å². The summed E-state index contributed by atoms with van der Waals surface area (Å²) in [6, 6.07) is 10.2. The van der Waals surface area contributed by atoms with Crippen LogP contribution in [0, 0.1) is 13.8 Å². The lowest BCUT2D eigenvalue weighted by Gasteiger charge is -2.35. The highest BCUT2D eigenvalue weighted by molar-refractivity contribution is 7.15. The van der Waals surface area contributed by atoms with Crippen LogP contribution in [-0.4, -0.2) is 49.9 Å². The zero-order chi connectivity index (χ0) is 22.9. The summed E-state index contributed by atoms with van der Waals surface area (Å²) in [4.78, 5) is 30.5. The first kappa shape index (κ1) is 21.6. The number of carbonyl (C=O) groups excluding carboxylic acids is 1. The van der Waals surface area contributed by atoms with Crippen LogP contribution in [0.1, 0.15) is 46.0 Å². The lowest BCUT2D eigenvalue weighted by atomic mass is 9.97. The number of thiazole rings is 1. The number of benzene rings is 1. The Kier molecular flexibility index (Phi) is 5.85. The summed E-state index contributed by atoms with van der Waals surface area (Å²) in [5.41, 5.74) is 4.31. The van der Waals surface area contributed by atoms with Gasteiger partial charge in [0.05, 0.1) is 28.3 Å². The van der Waals surface area contributed by atoms with Crippen LogP contribution in [0.4, 0.5) is 0 Å². The highest BCUT2D eigenvalue weighted by atomic mass is 32.1. The second-order valence-electron chi connectivity index (χ2n) is 8.47. The molecule has 170 valence electrons. The zero-order valence-corrected chi connectivity index (χ0v) is 19.9. The number of hydrogen-bond acceptors (Lipinski definition) is 6. The molecule has 3 aromatic heterocycles. The van der Waals surface area contributed by atoms with E-state index in [2.05, 4.69) is 9.97 Å². The number of methoxy groups -OCH3 is 1. The van der Waals surface area contributed by atoms with E-state index in [0.717, 1.165) is 58.2 Å². The molecule has 0 N–H and O–H groups in total. The molecule has 0 bridgehead atoms. The van der Waals surface area contributed by atoms with E-state index in [-0.39, 0.29) is 11.9 Å². The molecule has 4 aromatic rings. The minimum Gasteiger partial charge on any atom is -0.481 e. The Morgan fingerprint density at radius 1 is 1.18 bits per heavy atom. The van der Waals surface area contributed by atoms with Crippen LogP contribution in [0.5, 0.6) is 5.88 Å². The Morgan fingerprint density at radius 2 is 2.00 bits per heavy atom.